The molecule has 3 aromatic rings. The quantitative estimate of drug-likeness (QED) is 0.196. The lowest BCUT2D eigenvalue weighted by Crippen LogP contribution is -2.13. The SMILES string of the molecule is CCC=C(NCCC)c1ccc(C(CCCCCC)c2ccc(OC)c(-c3ccc(C(C)(F)F)cc3)c2)cc1. The highest BCUT2D eigenvalue weighted by Gasteiger charge is 2.24. The lowest BCUT2D eigenvalue weighted by Gasteiger charge is -2.21. The van der Waals surface area contributed by atoms with Crippen molar-refractivity contribution in [2.75, 3.05) is 13.7 Å². The minimum absolute atomic E-state index is 0.0141. The fraction of sp³-hybridized carbons (Fsp3) is 0.429. The molecule has 3 aromatic carbocycles. The van der Waals surface area contributed by atoms with Gasteiger partial charge in [-0.05, 0) is 53.6 Å². The van der Waals surface area contributed by atoms with Crippen molar-refractivity contribution in [3.63, 3.8) is 0 Å². The fourth-order valence-electron chi connectivity index (χ4n) is 5.06. The summed E-state index contributed by atoms with van der Waals surface area (Å²) in [6.07, 6.45) is 10.2. The Morgan fingerprint density at radius 3 is 2.15 bits per heavy atom. The third-order valence-corrected chi connectivity index (χ3v) is 7.27. The van der Waals surface area contributed by atoms with Crippen molar-refractivity contribution in [2.45, 2.75) is 84.5 Å². The second-order valence-electron chi connectivity index (χ2n) is 10.4. The van der Waals surface area contributed by atoms with Crippen LogP contribution in [0.2, 0.25) is 0 Å². The number of hydrogen-bond acceptors (Lipinski definition) is 2. The Bertz CT molecular complexity index is 1180. The Hall–Kier alpha value is -3.14. The second kappa shape index (κ2) is 14.9. The average molecular weight is 534 g/mol. The minimum atomic E-state index is -2.86. The van der Waals surface area contributed by atoms with E-state index in [1.54, 1.807) is 19.2 Å². The lowest BCUT2D eigenvalue weighted by molar-refractivity contribution is 0.0175. The first-order valence-electron chi connectivity index (χ1n) is 14.5. The van der Waals surface area contributed by atoms with Crippen LogP contribution in [0.5, 0.6) is 5.75 Å². The molecule has 1 N–H and O–H groups in total. The van der Waals surface area contributed by atoms with Crippen LogP contribution in [0.15, 0.2) is 72.8 Å². The minimum Gasteiger partial charge on any atom is -0.496 e. The van der Waals surface area contributed by atoms with Gasteiger partial charge in [0.2, 0.25) is 0 Å². The zero-order chi connectivity index (χ0) is 28.3. The summed E-state index contributed by atoms with van der Waals surface area (Å²) in [4.78, 5) is 0. The van der Waals surface area contributed by atoms with Crippen LogP contribution in [0.4, 0.5) is 8.78 Å². The zero-order valence-electron chi connectivity index (χ0n) is 24.3. The standard InChI is InChI=1S/C35H45F2NO/c1-6-9-10-11-13-31(26-14-16-28(17-15-26)33(12-7-2)38-24-8-3)29-20-23-34(39-5)32(25-29)27-18-21-30(22-19-27)35(4,36)37/h12,14-23,25,31,38H,6-11,13,24H2,1-5H3. The maximum absolute atomic E-state index is 13.8. The van der Waals surface area contributed by atoms with Gasteiger partial charge in [0, 0.05) is 36.2 Å². The first-order chi connectivity index (χ1) is 18.8. The Kier molecular flexibility index (Phi) is 11.6. The first-order valence-corrected chi connectivity index (χ1v) is 14.5. The van der Waals surface area contributed by atoms with E-state index in [-0.39, 0.29) is 11.5 Å². The van der Waals surface area contributed by atoms with Crippen molar-refractivity contribution in [3.8, 4) is 16.9 Å². The third kappa shape index (κ3) is 8.42. The highest BCUT2D eigenvalue weighted by Crippen LogP contribution is 2.38. The Morgan fingerprint density at radius 2 is 1.56 bits per heavy atom. The van der Waals surface area contributed by atoms with Gasteiger partial charge in [0.1, 0.15) is 5.75 Å². The van der Waals surface area contributed by atoms with E-state index in [1.807, 2.05) is 6.07 Å². The largest absolute Gasteiger partial charge is 0.496 e. The summed E-state index contributed by atoms with van der Waals surface area (Å²) in [6, 6.07) is 21.9. The molecule has 210 valence electrons. The number of rotatable bonds is 15. The molecule has 0 aliphatic heterocycles. The molecule has 0 aliphatic carbocycles. The predicted molar refractivity (Wildman–Crippen MR) is 162 cm³/mol. The number of benzene rings is 3. The maximum Gasteiger partial charge on any atom is 0.270 e. The van der Waals surface area contributed by atoms with Crippen molar-refractivity contribution in [3.05, 3.63) is 95.1 Å². The van der Waals surface area contributed by atoms with Crippen LogP contribution >= 0.6 is 0 Å². The highest BCUT2D eigenvalue weighted by molar-refractivity contribution is 5.72. The molecule has 0 saturated carbocycles. The van der Waals surface area contributed by atoms with E-state index in [1.165, 1.54) is 53.8 Å². The number of unbranched alkanes of at least 4 members (excludes halogenated alkanes) is 3. The molecule has 0 saturated heterocycles. The summed E-state index contributed by atoms with van der Waals surface area (Å²) >= 11 is 0. The van der Waals surface area contributed by atoms with E-state index in [0.717, 1.165) is 56.0 Å². The zero-order valence-corrected chi connectivity index (χ0v) is 24.3. The molecule has 0 fully saturated rings. The molecule has 1 unspecified atom stereocenters. The highest BCUT2D eigenvalue weighted by atomic mass is 19.3. The van der Waals surface area contributed by atoms with Crippen LogP contribution < -0.4 is 10.1 Å². The van der Waals surface area contributed by atoms with Crippen molar-refractivity contribution in [2.24, 2.45) is 0 Å². The van der Waals surface area contributed by atoms with Gasteiger partial charge in [-0.2, -0.15) is 0 Å². The lowest BCUT2D eigenvalue weighted by atomic mass is 9.84. The van der Waals surface area contributed by atoms with Crippen molar-refractivity contribution >= 4 is 5.70 Å². The van der Waals surface area contributed by atoms with Crippen molar-refractivity contribution in [1.82, 2.24) is 5.32 Å². The molecule has 3 rings (SSSR count). The van der Waals surface area contributed by atoms with Crippen LogP contribution in [0.3, 0.4) is 0 Å². The van der Waals surface area contributed by atoms with Crippen LogP contribution in [0, 0.1) is 0 Å². The van der Waals surface area contributed by atoms with E-state index in [0.29, 0.717) is 0 Å². The van der Waals surface area contributed by atoms with Gasteiger partial charge in [0.05, 0.1) is 7.11 Å². The molecule has 0 aromatic heterocycles. The number of nitrogens with one attached hydrogen (secondary N) is 1. The Balaban J connectivity index is 1.99. The molecule has 0 radical (unpaired) electrons. The Morgan fingerprint density at radius 1 is 0.872 bits per heavy atom. The van der Waals surface area contributed by atoms with Crippen LogP contribution in [-0.2, 0) is 5.92 Å². The first kappa shape index (κ1) is 30.4. The van der Waals surface area contributed by atoms with E-state index < -0.39 is 5.92 Å². The number of methoxy groups -OCH3 is 1. The molecule has 39 heavy (non-hydrogen) atoms. The van der Waals surface area contributed by atoms with Gasteiger partial charge in [0.15, 0.2) is 0 Å². The van der Waals surface area contributed by atoms with Gasteiger partial charge in [-0.25, -0.2) is 8.78 Å². The van der Waals surface area contributed by atoms with Crippen molar-refractivity contribution < 1.29 is 13.5 Å². The van der Waals surface area contributed by atoms with Crippen LogP contribution in [-0.4, -0.2) is 13.7 Å². The second-order valence-corrected chi connectivity index (χ2v) is 10.4. The summed E-state index contributed by atoms with van der Waals surface area (Å²) in [5, 5.41) is 3.57. The molecule has 0 heterocycles. The molecule has 0 bridgehead atoms. The molecule has 4 heteroatoms. The predicted octanol–water partition coefficient (Wildman–Crippen LogP) is 10.3. The molecular formula is C35H45F2NO. The molecule has 1 atom stereocenters. The summed E-state index contributed by atoms with van der Waals surface area (Å²) in [5.74, 6) is -1.88. The monoisotopic (exact) mass is 533 g/mol. The molecule has 0 aliphatic rings. The van der Waals surface area contributed by atoms with E-state index in [9.17, 15) is 8.78 Å². The van der Waals surface area contributed by atoms with Gasteiger partial charge in [-0.3, -0.25) is 0 Å². The maximum atomic E-state index is 13.8. The number of hydrogen-bond donors (Lipinski definition) is 1. The topological polar surface area (TPSA) is 21.3 Å². The number of ether oxygens (including phenoxy) is 1. The van der Waals surface area contributed by atoms with Gasteiger partial charge in [0.25, 0.3) is 5.92 Å². The molecular weight excluding hydrogens is 488 g/mol. The number of alkyl halides is 2. The Labute approximate surface area is 234 Å². The van der Waals surface area contributed by atoms with Crippen molar-refractivity contribution in [1.29, 1.82) is 0 Å². The smallest absolute Gasteiger partial charge is 0.270 e. The summed E-state index contributed by atoms with van der Waals surface area (Å²) in [5.41, 5.74) is 6.72. The van der Waals surface area contributed by atoms with Gasteiger partial charge in [-0.15, -0.1) is 0 Å². The normalized spacial score (nSPS) is 12.8. The molecule has 0 spiro atoms. The molecule has 0 amide bonds. The van der Waals surface area contributed by atoms with E-state index >= 15 is 0 Å². The van der Waals surface area contributed by atoms with Gasteiger partial charge < -0.3 is 10.1 Å². The van der Waals surface area contributed by atoms with E-state index in [4.69, 9.17) is 4.74 Å². The van der Waals surface area contributed by atoms with Crippen LogP contribution in [0.1, 0.15) is 101 Å². The van der Waals surface area contributed by atoms with Gasteiger partial charge in [-0.1, -0.05) is 107 Å². The average Bonchev–Trinajstić information content (AvgIpc) is 2.95. The third-order valence-electron chi connectivity index (χ3n) is 7.27. The van der Waals surface area contributed by atoms with Gasteiger partial charge >= 0.3 is 0 Å². The van der Waals surface area contributed by atoms with Crippen LogP contribution in [0.25, 0.3) is 16.8 Å². The number of allylic oxidation sites excluding steroid dienone is 1. The van der Waals surface area contributed by atoms with E-state index in [2.05, 4.69) is 68.6 Å². The summed E-state index contributed by atoms with van der Waals surface area (Å²) in [7, 11) is 1.65. The summed E-state index contributed by atoms with van der Waals surface area (Å²) in [6.45, 7) is 8.47. The number of halogens is 2. The fourth-order valence-corrected chi connectivity index (χ4v) is 5.06. The summed E-state index contributed by atoms with van der Waals surface area (Å²) < 4.78 is 33.3. The molecule has 2 nitrogen and oxygen atoms in total.